The molecule has 0 unspecified atom stereocenters. The fraction of sp³-hybridized carbons (Fsp3) is 0.115. The number of fused-ring (bicyclic) bond motifs is 1. The summed E-state index contributed by atoms with van der Waals surface area (Å²) < 4.78 is 19.0. The second kappa shape index (κ2) is 9.85. The molecule has 0 saturated heterocycles. The monoisotopic (exact) mass is 507 g/mol. The number of carbonyl (C=O) groups excluding carboxylic acids is 2. The van der Waals surface area contributed by atoms with Crippen molar-refractivity contribution < 1.29 is 18.7 Å². The van der Waals surface area contributed by atoms with Gasteiger partial charge in [-0.1, -0.05) is 41.9 Å². The molecular formula is C26H19ClFN3O3S. The van der Waals surface area contributed by atoms with Crippen molar-refractivity contribution in [1.29, 1.82) is 0 Å². The van der Waals surface area contributed by atoms with Crippen LogP contribution < -0.4 is 15.0 Å². The largest absolute Gasteiger partial charge is 0.482 e. The van der Waals surface area contributed by atoms with Crippen LogP contribution in [0.15, 0.2) is 72.1 Å². The quantitative estimate of drug-likeness (QED) is 0.371. The number of hydrogen-bond donors (Lipinski definition) is 1. The minimum absolute atomic E-state index is 0.102. The Morgan fingerprint density at radius 3 is 2.77 bits per heavy atom. The lowest BCUT2D eigenvalue weighted by Crippen LogP contribution is -2.43. The molecule has 3 aromatic carbocycles. The third-order valence-corrected chi connectivity index (χ3v) is 6.59. The number of halogens is 2. The van der Waals surface area contributed by atoms with Gasteiger partial charge in [0.1, 0.15) is 18.1 Å². The molecule has 1 N–H and O–H groups in total. The van der Waals surface area contributed by atoms with Crippen LogP contribution in [-0.4, -0.2) is 29.9 Å². The zero-order valence-corrected chi connectivity index (χ0v) is 19.9. The molecule has 35 heavy (non-hydrogen) atoms. The maximum absolute atomic E-state index is 13.4. The number of hydrogen-bond acceptors (Lipinski definition) is 5. The lowest BCUT2D eigenvalue weighted by atomic mass is 10.1. The molecule has 2 heterocycles. The normalized spacial score (nSPS) is 12.7. The van der Waals surface area contributed by atoms with E-state index in [1.54, 1.807) is 23.5 Å². The van der Waals surface area contributed by atoms with Gasteiger partial charge in [-0.15, -0.1) is 11.3 Å². The van der Waals surface area contributed by atoms with Gasteiger partial charge in [-0.3, -0.25) is 14.5 Å². The SMILES string of the molecule is O=C(CN1C(=O)COc2ccc(-c3csc(Cc4ccccc4)n3)cc21)Nc1ccc(F)c(Cl)c1. The van der Waals surface area contributed by atoms with Crippen LogP contribution in [0.4, 0.5) is 15.8 Å². The maximum Gasteiger partial charge on any atom is 0.265 e. The molecule has 0 aliphatic carbocycles. The van der Waals surface area contributed by atoms with Crippen molar-refractivity contribution in [2.75, 3.05) is 23.4 Å². The molecule has 5 rings (SSSR count). The molecule has 0 fully saturated rings. The fourth-order valence-corrected chi connectivity index (χ4v) is 4.77. The molecular weight excluding hydrogens is 489 g/mol. The van der Waals surface area contributed by atoms with Crippen molar-refractivity contribution in [3.63, 3.8) is 0 Å². The first-order chi connectivity index (χ1) is 17.0. The van der Waals surface area contributed by atoms with Gasteiger partial charge in [0.05, 0.1) is 21.4 Å². The van der Waals surface area contributed by atoms with Crippen LogP contribution in [0.5, 0.6) is 5.75 Å². The summed E-state index contributed by atoms with van der Waals surface area (Å²) in [4.78, 5) is 31.4. The van der Waals surface area contributed by atoms with Crippen molar-refractivity contribution in [2.24, 2.45) is 0 Å². The first-order valence-electron chi connectivity index (χ1n) is 10.8. The van der Waals surface area contributed by atoms with Crippen LogP contribution in [0.1, 0.15) is 10.6 Å². The summed E-state index contributed by atoms with van der Waals surface area (Å²) in [7, 11) is 0. The highest BCUT2D eigenvalue weighted by molar-refractivity contribution is 7.10. The number of anilines is 2. The van der Waals surface area contributed by atoms with Gasteiger partial charge in [-0.25, -0.2) is 9.37 Å². The van der Waals surface area contributed by atoms with Crippen LogP contribution in [0, 0.1) is 5.82 Å². The van der Waals surface area contributed by atoms with E-state index in [1.165, 1.54) is 28.7 Å². The van der Waals surface area contributed by atoms with Gasteiger partial charge in [0.15, 0.2) is 6.61 Å². The van der Waals surface area contributed by atoms with E-state index in [0.29, 0.717) is 17.1 Å². The molecule has 0 atom stereocenters. The van der Waals surface area contributed by atoms with Crippen molar-refractivity contribution in [1.82, 2.24) is 4.98 Å². The molecule has 1 aliphatic rings. The van der Waals surface area contributed by atoms with Gasteiger partial charge < -0.3 is 10.1 Å². The van der Waals surface area contributed by atoms with Crippen LogP contribution in [0.25, 0.3) is 11.3 Å². The lowest BCUT2D eigenvalue weighted by molar-refractivity contribution is -0.123. The lowest BCUT2D eigenvalue weighted by Gasteiger charge is -2.29. The molecule has 0 bridgehead atoms. The zero-order chi connectivity index (χ0) is 24.4. The molecule has 0 radical (unpaired) electrons. The van der Waals surface area contributed by atoms with Gasteiger partial charge in [0, 0.05) is 23.1 Å². The third-order valence-electron chi connectivity index (χ3n) is 5.45. The summed E-state index contributed by atoms with van der Waals surface area (Å²) in [5.41, 5.74) is 3.60. The van der Waals surface area contributed by atoms with E-state index in [4.69, 9.17) is 21.3 Å². The Morgan fingerprint density at radius 1 is 1.14 bits per heavy atom. The highest BCUT2D eigenvalue weighted by Crippen LogP contribution is 2.36. The van der Waals surface area contributed by atoms with Crippen molar-refractivity contribution in [2.45, 2.75) is 6.42 Å². The number of benzene rings is 3. The number of ether oxygens (including phenoxy) is 1. The van der Waals surface area contributed by atoms with E-state index in [-0.39, 0.29) is 24.1 Å². The molecule has 176 valence electrons. The van der Waals surface area contributed by atoms with Gasteiger partial charge in [-0.05, 0) is 42.0 Å². The number of aromatic nitrogens is 1. The van der Waals surface area contributed by atoms with E-state index in [0.717, 1.165) is 22.7 Å². The van der Waals surface area contributed by atoms with Crippen molar-refractivity contribution in [3.8, 4) is 17.0 Å². The molecule has 1 aromatic heterocycles. The van der Waals surface area contributed by atoms with Gasteiger partial charge >= 0.3 is 0 Å². The first-order valence-corrected chi connectivity index (χ1v) is 12.0. The number of amides is 2. The van der Waals surface area contributed by atoms with Crippen LogP contribution >= 0.6 is 22.9 Å². The Hall–Kier alpha value is -3.75. The predicted octanol–water partition coefficient (Wildman–Crippen LogP) is 5.56. The third kappa shape index (κ3) is 5.18. The highest BCUT2D eigenvalue weighted by Gasteiger charge is 2.28. The fourth-order valence-electron chi connectivity index (χ4n) is 3.75. The molecule has 9 heteroatoms. The number of nitrogens with one attached hydrogen (secondary N) is 1. The average Bonchev–Trinajstić information content (AvgIpc) is 3.32. The Bertz CT molecular complexity index is 1410. The number of rotatable bonds is 6. The molecule has 1 aliphatic heterocycles. The summed E-state index contributed by atoms with van der Waals surface area (Å²) in [5.74, 6) is -0.864. The van der Waals surface area contributed by atoms with E-state index in [1.807, 2.05) is 29.6 Å². The summed E-state index contributed by atoms with van der Waals surface area (Å²) in [6.45, 7) is -0.399. The summed E-state index contributed by atoms with van der Waals surface area (Å²) >= 11 is 7.36. The van der Waals surface area contributed by atoms with Crippen LogP contribution in [0.2, 0.25) is 5.02 Å². The van der Waals surface area contributed by atoms with E-state index < -0.39 is 11.7 Å². The molecule has 4 aromatic rings. The minimum Gasteiger partial charge on any atom is -0.482 e. The second-order valence-corrected chi connectivity index (χ2v) is 9.27. The number of thiazole rings is 1. The first kappa shape index (κ1) is 23.0. The minimum atomic E-state index is -0.580. The topological polar surface area (TPSA) is 71.5 Å². The Kier molecular flexibility index (Phi) is 6.48. The van der Waals surface area contributed by atoms with Gasteiger partial charge in [-0.2, -0.15) is 0 Å². The number of nitrogens with zero attached hydrogens (tertiary/aromatic N) is 2. The molecule has 0 saturated carbocycles. The van der Waals surface area contributed by atoms with Crippen LogP contribution in [-0.2, 0) is 16.0 Å². The average molecular weight is 508 g/mol. The smallest absolute Gasteiger partial charge is 0.265 e. The number of carbonyl (C=O) groups is 2. The summed E-state index contributed by atoms with van der Waals surface area (Å²) in [5, 5.41) is 5.49. The molecule has 2 amide bonds. The Morgan fingerprint density at radius 2 is 1.97 bits per heavy atom. The summed E-state index contributed by atoms with van der Waals surface area (Å²) in [6.07, 6.45) is 0.734. The van der Waals surface area contributed by atoms with Crippen LogP contribution in [0.3, 0.4) is 0 Å². The Balaban J connectivity index is 1.36. The summed E-state index contributed by atoms with van der Waals surface area (Å²) in [6, 6.07) is 19.5. The van der Waals surface area contributed by atoms with Gasteiger partial charge in [0.25, 0.3) is 5.91 Å². The van der Waals surface area contributed by atoms with Gasteiger partial charge in [0.2, 0.25) is 5.91 Å². The molecule has 0 spiro atoms. The zero-order valence-electron chi connectivity index (χ0n) is 18.3. The highest BCUT2D eigenvalue weighted by atomic mass is 35.5. The maximum atomic E-state index is 13.4. The second-order valence-electron chi connectivity index (χ2n) is 7.92. The van der Waals surface area contributed by atoms with E-state index in [9.17, 15) is 14.0 Å². The Labute approximate surface area is 209 Å². The molecule has 6 nitrogen and oxygen atoms in total. The van der Waals surface area contributed by atoms with E-state index >= 15 is 0 Å². The van der Waals surface area contributed by atoms with Crippen molar-refractivity contribution >= 4 is 46.1 Å². The van der Waals surface area contributed by atoms with E-state index in [2.05, 4.69) is 17.4 Å². The predicted molar refractivity (Wildman–Crippen MR) is 135 cm³/mol. The van der Waals surface area contributed by atoms with Crippen molar-refractivity contribution in [3.05, 3.63) is 93.5 Å². The standard InChI is InChI=1S/C26H19ClFN3O3S/c27-19-12-18(7-8-20(19)28)29-24(32)13-31-22-11-17(6-9-23(22)34-14-26(31)33)21-15-35-25(30-21)10-16-4-2-1-3-5-16/h1-9,11-12,15H,10,13-14H2,(H,29,32).